The standard InChI is InChI=1S/C18H21NO4/c1-12(20)23-15-11-7-6-10-14(15)16-18(19-16,17(21)22-2)13-8-4-3-5-9-13/h6-7,10-11,13H,3-5,8-9H2,1-2H3. The molecule has 5 heteroatoms. The predicted octanol–water partition coefficient (Wildman–Crippen LogP) is 2.91. The molecule has 1 unspecified atom stereocenters. The van der Waals surface area contributed by atoms with E-state index >= 15 is 0 Å². The van der Waals surface area contributed by atoms with E-state index in [-0.39, 0.29) is 17.9 Å². The smallest absolute Gasteiger partial charge is 0.340 e. The summed E-state index contributed by atoms with van der Waals surface area (Å²) < 4.78 is 10.3. The van der Waals surface area contributed by atoms with Gasteiger partial charge in [-0.3, -0.25) is 9.79 Å². The number of hydrogen-bond acceptors (Lipinski definition) is 5. The van der Waals surface area contributed by atoms with Crippen molar-refractivity contribution in [1.82, 2.24) is 0 Å². The topological polar surface area (TPSA) is 65.0 Å². The van der Waals surface area contributed by atoms with Crippen LogP contribution in [-0.4, -0.2) is 30.3 Å². The van der Waals surface area contributed by atoms with Gasteiger partial charge in [0.15, 0.2) is 0 Å². The molecule has 0 saturated heterocycles. The van der Waals surface area contributed by atoms with E-state index in [1.165, 1.54) is 20.5 Å². The van der Waals surface area contributed by atoms with Crippen LogP contribution in [0.1, 0.15) is 44.6 Å². The highest BCUT2D eigenvalue weighted by molar-refractivity contribution is 6.30. The predicted molar refractivity (Wildman–Crippen MR) is 85.6 cm³/mol. The summed E-state index contributed by atoms with van der Waals surface area (Å²) in [4.78, 5) is 28.3. The van der Waals surface area contributed by atoms with E-state index in [0.29, 0.717) is 17.0 Å². The Bertz CT molecular complexity index is 661. The molecule has 0 bridgehead atoms. The molecule has 2 aliphatic rings. The van der Waals surface area contributed by atoms with Crippen LogP contribution >= 0.6 is 0 Å². The molecule has 5 nitrogen and oxygen atoms in total. The molecule has 23 heavy (non-hydrogen) atoms. The zero-order valence-electron chi connectivity index (χ0n) is 13.5. The molecule has 1 fully saturated rings. The second-order valence-electron chi connectivity index (χ2n) is 6.14. The van der Waals surface area contributed by atoms with Gasteiger partial charge in [0.25, 0.3) is 0 Å². The molecular weight excluding hydrogens is 294 g/mol. The van der Waals surface area contributed by atoms with Gasteiger partial charge in [0.05, 0.1) is 12.8 Å². The number of methoxy groups -OCH3 is 1. The van der Waals surface area contributed by atoms with Crippen LogP contribution in [0, 0.1) is 5.92 Å². The number of carbonyl (C=O) groups excluding carboxylic acids is 2. The number of carbonyl (C=O) groups is 2. The Kier molecular flexibility index (Phi) is 4.20. The van der Waals surface area contributed by atoms with E-state index < -0.39 is 5.54 Å². The minimum Gasteiger partial charge on any atom is -0.467 e. The summed E-state index contributed by atoms with van der Waals surface area (Å²) in [6, 6.07) is 7.21. The summed E-state index contributed by atoms with van der Waals surface area (Å²) in [5.41, 5.74) is 0.512. The molecule has 1 atom stereocenters. The third-order valence-corrected chi connectivity index (χ3v) is 4.69. The summed E-state index contributed by atoms with van der Waals surface area (Å²) in [5, 5.41) is 0. The largest absolute Gasteiger partial charge is 0.467 e. The van der Waals surface area contributed by atoms with Crippen LogP contribution in [0.4, 0.5) is 0 Å². The molecule has 1 aliphatic heterocycles. The highest BCUT2D eigenvalue weighted by Crippen LogP contribution is 2.48. The van der Waals surface area contributed by atoms with Gasteiger partial charge in [0.1, 0.15) is 5.75 Å². The van der Waals surface area contributed by atoms with Gasteiger partial charge in [-0.2, -0.15) is 0 Å². The first kappa shape index (κ1) is 15.7. The normalized spacial score (nSPS) is 23.8. The maximum absolute atomic E-state index is 12.5. The number of para-hydroxylation sites is 1. The first-order chi connectivity index (χ1) is 11.1. The Balaban J connectivity index is 1.93. The first-order valence-electron chi connectivity index (χ1n) is 8.06. The highest BCUT2D eigenvalue weighted by Gasteiger charge is 2.61. The molecule has 0 aromatic heterocycles. The van der Waals surface area contributed by atoms with Crippen molar-refractivity contribution in [1.29, 1.82) is 0 Å². The van der Waals surface area contributed by atoms with Gasteiger partial charge in [0, 0.05) is 18.4 Å². The summed E-state index contributed by atoms with van der Waals surface area (Å²) >= 11 is 0. The molecule has 0 amide bonds. The van der Waals surface area contributed by atoms with Crippen molar-refractivity contribution in [3.63, 3.8) is 0 Å². The molecular formula is C18H21NO4. The fourth-order valence-electron chi connectivity index (χ4n) is 3.59. The maximum atomic E-state index is 12.5. The van der Waals surface area contributed by atoms with Crippen molar-refractivity contribution in [3.8, 4) is 5.75 Å². The second kappa shape index (κ2) is 6.14. The quantitative estimate of drug-likeness (QED) is 0.633. The molecule has 1 aliphatic carbocycles. The van der Waals surface area contributed by atoms with Gasteiger partial charge in [-0.05, 0) is 25.0 Å². The minimum absolute atomic E-state index is 0.170. The number of benzene rings is 1. The van der Waals surface area contributed by atoms with Crippen LogP contribution in [0.2, 0.25) is 0 Å². The fraction of sp³-hybridized carbons (Fsp3) is 0.500. The van der Waals surface area contributed by atoms with Crippen LogP contribution in [0.3, 0.4) is 0 Å². The molecule has 1 saturated carbocycles. The van der Waals surface area contributed by atoms with Gasteiger partial charge >= 0.3 is 11.9 Å². The number of ether oxygens (including phenoxy) is 2. The molecule has 1 aromatic carbocycles. The monoisotopic (exact) mass is 315 g/mol. The van der Waals surface area contributed by atoms with Crippen LogP contribution in [0.5, 0.6) is 5.75 Å². The summed E-state index contributed by atoms with van der Waals surface area (Å²) in [6.07, 6.45) is 5.36. The van der Waals surface area contributed by atoms with Gasteiger partial charge in [0.2, 0.25) is 5.54 Å². The first-order valence-corrected chi connectivity index (χ1v) is 8.06. The lowest BCUT2D eigenvalue weighted by Crippen LogP contribution is -2.41. The lowest BCUT2D eigenvalue weighted by Gasteiger charge is -2.28. The zero-order valence-corrected chi connectivity index (χ0v) is 13.5. The van der Waals surface area contributed by atoms with Crippen LogP contribution in [0.15, 0.2) is 29.3 Å². The fourth-order valence-corrected chi connectivity index (χ4v) is 3.59. The molecule has 0 N–H and O–H groups in total. The minimum atomic E-state index is -0.884. The second-order valence-corrected chi connectivity index (χ2v) is 6.14. The Morgan fingerprint density at radius 2 is 1.87 bits per heavy atom. The number of aliphatic imine (C=N–C) groups is 1. The Morgan fingerprint density at radius 3 is 2.52 bits per heavy atom. The van der Waals surface area contributed by atoms with E-state index in [0.717, 1.165) is 25.7 Å². The third-order valence-electron chi connectivity index (χ3n) is 4.69. The number of nitrogens with zero attached hydrogens (tertiary/aromatic N) is 1. The van der Waals surface area contributed by atoms with Gasteiger partial charge < -0.3 is 9.47 Å². The molecule has 0 spiro atoms. The number of hydrogen-bond donors (Lipinski definition) is 0. The Labute approximate surface area is 135 Å². The average Bonchev–Trinajstić information content (AvgIpc) is 3.31. The summed E-state index contributed by atoms with van der Waals surface area (Å²) in [6.45, 7) is 1.36. The number of rotatable bonds is 4. The molecule has 1 heterocycles. The van der Waals surface area contributed by atoms with E-state index in [2.05, 4.69) is 4.99 Å². The Hall–Kier alpha value is -2.17. The number of esters is 2. The van der Waals surface area contributed by atoms with Crippen LogP contribution in [0.25, 0.3) is 0 Å². The van der Waals surface area contributed by atoms with E-state index in [4.69, 9.17) is 9.47 Å². The van der Waals surface area contributed by atoms with Crippen molar-refractivity contribution in [2.45, 2.75) is 44.6 Å². The van der Waals surface area contributed by atoms with Crippen molar-refractivity contribution < 1.29 is 19.1 Å². The van der Waals surface area contributed by atoms with Crippen molar-refractivity contribution in [2.24, 2.45) is 10.9 Å². The highest BCUT2D eigenvalue weighted by atomic mass is 16.5. The van der Waals surface area contributed by atoms with Crippen LogP contribution < -0.4 is 4.74 Å². The van der Waals surface area contributed by atoms with E-state index in [1.807, 2.05) is 12.1 Å². The maximum Gasteiger partial charge on any atom is 0.340 e. The Morgan fingerprint density at radius 1 is 1.17 bits per heavy atom. The SMILES string of the molecule is COC(=O)C1(C2CCCCC2)N=C1c1ccccc1OC(C)=O. The van der Waals surface area contributed by atoms with Gasteiger partial charge in [-0.15, -0.1) is 0 Å². The summed E-state index contributed by atoms with van der Waals surface area (Å²) in [5.74, 6) is -0.0820. The van der Waals surface area contributed by atoms with E-state index in [9.17, 15) is 9.59 Å². The van der Waals surface area contributed by atoms with Crippen molar-refractivity contribution in [2.75, 3.05) is 7.11 Å². The van der Waals surface area contributed by atoms with E-state index in [1.54, 1.807) is 12.1 Å². The average molecular weight is 315 g/mol. The van der Waals surface area contributed by atoms with Gasteiger partial charge in [-0.25, -0.2) is 4.79 Å². The molecule has 0 radical (unpaired) electrons. The molecule has 122 valence electrons. The van der Waals surface area contributed by atoms with Gasteiger partial charge in [-0.1, -0.05) is 31.4 Å². The lowest BCUT2D eigenvalue weighted by molar-refractivity contribution is -0.144. The molecule has 3 rings (SSSR count). The summed E-state index contributed by atoms with van der Waals surface area (Å²) in [7, 11) is 1.40. The lowest BCUT2D eigenvalue weighted by atomic mass is 9.75. The third kappa shape index (κ3) is 2.76. The van der Waals surface area contributed by atoms with Crippen LogP contribution in [-0.2, 0) is 14.3 Å². The van der Waals surface area contributed by atoms with Crippen molar-refractivity contribution in [3.05, 3.63) is 29.8 Å². The van der Waals surface area contributed by atoms with Crippen molar-refractivity contribution >= 4 is 17.7 Å². The molecule has 1 aromatic rings. The zero-order chi connectivity index (χ0) is 16.4.